The van der Waals surface area contributed by atoms with E-state index in [4.69, 9.17) is 4.74 Å². The van der Waals surface area contributed by atoms with E-state index in [9.17, 15) is 0 Å². The molecule has 0 spiro atoms. The van der Waals surface area contributed by atoms with E-state index in [-0.39, 0.29) is 5.60 Å². The van der Waals surface area contributed by atoms with Crippen molar-refractivity contribution in [1.29, 1.82) is 0 Å². The molecule has 0 aliphatic carbocycles. The zero-order chi connectivity index (χ0) is 16.6. The lowest BCUT2D eigenvalue weighted by atomic mass is 9.89. The third-order valence-electron chi connectivity index (χ3n) is 4.46. The summed E-state index contributed by atoms with van der Waals surface area (Å²) in [6.07, 6.45) is 11.3. The Morgan fingerprint density at radius 2 is 1.36 bits per heavy atom. The van der Waals surface area contributed by atoms with Crippen LogP contribution in [-0.2, 0) is 4.74 Å². The Balaban J connectivity index is 1.97. The van der Waals surface area contributed by atoms with E-state index in [0.29, 0.717) is 11.5 Å². The van der Waals surface area contributed by atoms with Crippen LogP contribution < -0.4 is 0 Å². The highest BCUT2D eigenvalue weighted by Crippen LogP contribution is 2.23. The Morgan fingerprint density at radius 1 is 0.818 bits per heavy atom. The van der Waals surface area contributed by atoms with Gasteiger partial charge in [-0.25, -0.2) is 0 Å². The summed E-state index contributed by atoms with van der Waals surface area (Å²) in [6, 6.07) is 0. The van der Waals surface area contributed by atoms with E-state index in [1.165, 1.54) is 71.0 Å². The minimum absolute atomic E-state index is 0.0138. The van der Waals surface area contributed by atoms with Gasteiger partial charge >= 0.3 is 0 Å². The molecule has 0 saturated carbocycles. The van der Waals surface area contributed by atoms with Gasteiger partial charge in [-0.3, -0.25) is 0 Å². The second-order valence-corrected chi connectivity index (χ2v) is 9.35. The molecule has 0 aromatic heterocycles. The van der Waals surface area contributed by atoms with Crippen LogP contribution in [0, 0.1) is 5.41 Å². The first-order valence-electron chi connectivity index (χ1n) is 9.56. The van der Waals surface area contributed by atoms with Crippen molar-refractivity contribution in [3.63, 3.8) is 0 Å². The summed E-state index contributed by atoms with van der Waals surface area (Å²) in [5.41, 5.74) is 0.527. The van der Waals surface area contributed by atoms with Gasteiger partial charge in [0.1, 0.15) is 0 Å². The maximum Gasteiger partial charge on any atom is 0.0606 e. The predicted octanol–water partition coefficient (Wildman–Crippen LogP) is 5.65. The van der Waals surface area contributed by atoms with Crippen LogP contribution in [0.25, 0.3) is 0 Å². The lowest BCUT2D eigenvalue weighted by molar-refractivity contribution is -0.0820. The average Bonchev–Trinajstić information content (AvgIpc) is 2.36. The van der Waals surface area contributed by atoms with Crippen molar-refractivity contribution in [2.45, 2.75) is 105 Å². The number of likely N-dealkylation sites (tertiary alicyclic amines) is 1. The van der Waals surface area contributed by atoms with E-state index in [0.717, 1.165) is 0 Å². The smallest absolute Gasteiger partial charge is 0.0606 e. The molecule has 1 aliphatic heterocycles. The lowest BCUT2D eigenvalue weighted by Gasteiger charge is -2.35. The van der Waals surface area contributed by atoms with Gasteiger partial charge in [-0.15, -0.1) is 0 Å². The molecule has 0 aromatic rings. The monoisotopic (exact) mass is 311 g/mol. The van der Waals surface area contributed by atoms with Gasteiger partial charge in [0.2, 0.25) is 0 Å². The van der Waals surface area contributed by atoms with Crippen molar-refractivity contribution < 1.29 is 4.74 Å². The molecule has 1 saturated heterocycles. The van der Waals surface area contributed by atoms with Crippen LogP contribution in [0.3, 0.4) is 0 Å². The third-order valence-corrected chi connectivity index (χ3v) is 4.46. The first-order chi connectivity index (χ1) is 10.2. The van der Waals surface area contributed by atoms with Crippen molar-refractivity contribution in [1.82, 2.24) is 4.90 Å². The first kappa shape index (κ1) is 20.0. The lowest BCUT2D eigenvalue weighted by Crippen LogP contribution is -2.40. The summed E-state index contributed by atoms with van der Waals surface area (Å²) in [5.74, 6) is 0. The summed E-state index contributed by atoms with van der Waals surface area (Å²) in [7, 11) is 0. The summed E-state index contributed by atoms with van der Waals surface area (Å²) in [4.78, 5) is 2.64. The maximum atomic E-state index is 6.10. The summed E-state index contributed by atoms with van der Waals surface area (Å²) in [5, 5.41) is 0. The molecule has 1 fully saturated rings. The summed E-state index contributed by atoms with van der Waals surface area (Å²) < 4.78 is 6.10. The normalized spacial score (nSPS) is 18.8. The van der Waals surface area contributed by atoms with Crippen LogP contribution in [0.4, 0.5) is 0 Å². The highest BCUT2D eigenvalue weighted by molar-refractivity contribution is 4.75. The van der Waals surface area contributed by atoms with Gasteiger partial charge in [0.05, 0.1) is 11.7 Å². The zero-order valence-corrected chi connectivity index (χ0v) is 16.2. The van der Waals surface area contributed by atoms with Gasteiger partial charge in [-0.05, 0) is 58.4 Å². The molecule has 0 radical (unpaired) electrons. The van der Waals surface area contributed by atoms with Crippen LogP contribution in [0.15, 0.2) is 0 Å². The predicted molar refractivity (Wildman–Crippen MR) is 97.5 cm³/mol. The number of nitrogens with zero attached hydrogens (tertiary/aromatic N) is 1. The molecule has 0 unspecified atom stereocenters. The second kappa shape index (κ2) is 9.27. The SMILES string of the molecule is CC(C)(C)CCCCCCCN1CCC(OC(C)(C)C)CC1. The molecule has 0 bridgehead atoms. The quantitative estimate of drug-likeness (QED) is 0.537. The fourth-order valence-corrected chi connectivity index (χ4v) is 3.27. The number of ether oxygens (including phenoxy) is 1. The van der Waals surface area contributed by atoms with Crippen molar-refractivity contribution in [2.75, 3.05) is 19.6 Å². The van der Waals surface area contributed by atoms with Gasteiger partial charge < -0.3 is 9.64 Å². The fraction of sp³-hybridized carbons (Fsp3) is 1.00. The molecule has 1 heterocycles. The third kappa shape index (κ3) is 10.6. The highest BCUT2D eigenvalue weighted by Gasteiger charge is 2.23. The Labute approximate surface area is 140 Å². The molecule has 2 heteroatoms. The minimum Gasteiger partial charge on any atom is -0.373 e. The van der Waals surface area contributed by atoms with E-state index < -0.39 is 0 Å². The average molecular weight is 312 g/mol. The standard InChI is InChI=1S/C20H41NO/c1-19(2,3)14-10-8-7-9-11-15-21-16-12-18(13-17-21)22-20(4,5)6/h18H,7-17H2,1-6H3. The number of hydrogen-bond donors (Lipinski definition) is 0. The zero-order valence-electron chi connectivity index (χ0n) is 16.2. The van der Waals surface area contributed by atoms with Gasteiger partial charge in [0.25, 0.3) is 0 Å². The first-order valence-corrected chi connectivity index (χ1v) is 9.56. The van der Waals surface area contributed by atoms with Crippen LogP contribution in [0.1, 0.15) is 92.9 Å². The molecule has 2 nitrogen and oxygen atoms in total. The molecular formula is C20H41NO. The molecule has 0 atom stereocenters. The van der Waals surface area contributed by atoms with Crippen molar-refractivity contribution in [3.8, 4) is 0 Å². The van der Waals surface area contributed by atoms with Crippen LogP contribution in [0.5, 0.6) is 0 Å². The molecule has 132 valence electrons. The molecule has 0 amide bonds. The second-order valence-electron chi connectivity index (χ2n) is 9.35. The number of unbranched alkanes of at least 4 members (excludes halogenated alkanes) is 4. The van der Waals surface area contributed by atoms with E-state index in [1.54, 1.807) is 0 Å². The largest absolute Gasteiger partial charge is 0.373 e. The van der Waals surface area contributed by atoms with Gasteiger partial charge in [-0.2, -0.15) is 0 Å². The Hall–Kier alpha value is -0.0800. The molecule has 0 aromatic carbocycles. The van der Waals surface area contributed by atoms with Crippen LogP contribution >= 0.6 is 0 Å². The van der Waals surface area contributed by atoms with E-state index >= 15 is 0 Å². The Bertz CT molecular complexity index is 279. The number of rotatable bonds is 8. The summed E-state index contributed by atoms with van der Waals surface area (Å²) in [6.45, 7) is 17.3. The molecule has 1 aliphatic rings. The van der Waals surface area contributed by atoms with Crippen LogP contribution in [0.2, 0.25) is 0 Å². The number of piperidine rings is 1. The maximum absolute atomic E-state index is 6.10. The molecular weight excluding hydrogens is 270 g/mol. The molecule has 22 heavy (non-hydrogen) atoms. The molecule has 0 N–H and O–H groups in total. The Kier molecular flexibility index (Phi) is 8.42. The van der Waals surface area contributed by atoms with Crippen LogP contribution in [-0.4, -0.2) is 36.2 Å². The van der Waals surface area contributed by atoms with E-state index in [2.05, 4.69) is 46.4 Å². The van der Waals surface area contributed by atoms with Crippen molar-refractivity contribution in [2.24, 2.45) is 5.41 Å². The van der Waals surface area contributed by atoms with Gasteiger partial charge in [0.15, 0.2) is 0 Å². The Morgan fingerprint density at radius 3 is 1.91 bits per heavy atom. The minimum atomic E-state index is 0.0138. The van der Waals surface area contributed by atoms with Gasteiger partial charge in [0, 0.05) is 13.1 Å². The molecule has 1 rings (SSSR count). The van der Waals surface area contributed by atoms with E-state index in [1.807, 2.05) is 0 Å². The fourth-order valence-electron chi connectivity index (χ4n) is 3.27. The topological polar surface area (TPSA) is 12.5 Å². The van der Waals surface area contributed by atoms with Crippen molar-refractivity contribution >= 4 is 0 Å². The van der Waals surface area contributed by atoms with Crippen molar-refractivity contribution in [3.05, 3.63) is 0 Å². The highest BCUT2D eigenvalue weighted by atomic mass is 16.5. The number of hydrogen-bond acceptors (Lipinski definition) is 2. The summed E-state index contributed by atoms with van der Waals surface area (Å²) >= 11 is 0. The van der Waals surface area contributed by atoms with Gasteiger partial charge in [-0.1, -0.05) is 46.5 Å².